The fourth-order valence-corrected chi connectivity index (χ4v) is 5.41. The molecule has 1 unspecified atom stereocenters. The van der Waals surface area contributed by atoms with E-state index in [0.29, 0.717) is 52.2 Å². The summed E-state index contributed by atoms with van der Waals surface area (Å²) in [7, 11) is 1.51. The van der Waals surface area contributed by atoms with Crippen molar-refractivity contribution in [3.8, 4) is 17.2 Å². The number of aliphatic hydroxyl groups excluding tert-OH is 1. The molecule has 1 aliphatic heterocycles. The van der Waals surface area contributed by atoms with Crippen LogP contribution < -0.4 is 19.1 Å². The van der Waals surface area contributed by atoms with E-state index in [9.17, 15) is 14.7 Å². The van der Waals surface area contributed by atoms with Crippen LogP contribution in [0.3, 0.4) is 0 Å². The minimum atomic E-state index is -0.959. The Bertz CT molecular complexity index is 1550. The standard InChI is InChI=1S/C28H25N3O6S/c1-4-36-18-7-8-19-22(15-18)38-28(30-19)31-24(17-6-9-20(37-5-2)21(14-17)35-3)23(26(33)27(31)34)25(32)16-10-12-29-13-11-16/h6-15,24,32H,4-5H2,1-3H3/b25-23+. The molecule has 1 fully saturated rings. The highest BCUT2D eigenvalue weighted by atomic mass is 32.1. The van der Waals surface area contributed by atoms with E-state index in [1.54, 1.807) is 30.3 Å². The number of amides is 1. The van der Waals surface area contributed by atoms with Crippen LogP contribution in [-0.2, 0) is 9.59 Å². The van der Waals surface area contributed by atoms with Crippen LogP contribution in [0, 0.1) is 0 Å². The molecule has 2 aromatic heterocycles. The SMILES string of the molecule is CCOc1ccc2nc(N3C(=O)C(=O)/C(=C(/O)c4ccncc4)C3c3ccc(OCC)c(OC)c3)sc2c1. The first-order chi connectivity index (χ1) is 18.5. The number of aliphatic hydroxyl groups is 1. The first-order valence-electron chi connectivity index (χ1n) is 12.0. The minimum absolute atomic E-state index is 0.0540. The molecule has 194 valence electrons. The summed E-state index contributed by atoms with van der Waals surface area (Å²) in [5.74, 6) is -0.264. The van der Waals surface area contributed by atoms with Crippen LogP contribution in [0.2, 0.25) is 0 Å². The fraction of sp³-hybridized carbons (Fsp3) is 0.214. The third-order valence-electron chi connectivity index (χ3n) is 6.07. The Morgan fingerprint density at radius 1 is 1.00 bits per heavy atom. The fourth-order valence-electron chi connectivity index (χ4n) is 4.39. The number of ether oxygens (including phenoxy) is 3. The van der Waals surface area contributed by atoms with Crippen LogP contribution in [0.4, 0.5) is 5.13 Å². The Labute approximate surface area is 222 Å². The Kier molecular flexibility index (Phi) is 6.97. The van der Waals surface area contributed by atoms with Crippen molar-refractivity contribution in [2.24, 2.45) is 0 Å². The molecular weight excluding hydrogens is 506 g/mol. The number of pyridine rings is 1. The Balaban J connectivity index is 1.71. The van der Waals surface area contributed by atoms with E-state index in [1.165, 1.54) is 35.7 Å². The number of fused-ring (bicyclic) bond motifs is 1. The molecule has 5 rings (SSSR count). The number of hydrogen-bond acceptors (Lipinski definition) is 9. The van der Waals surface area contributed by atoms with E-state index in [0.717, 1.165) is 4.70 Å². The van der Waals surface area contributed by atoms with Crippen molar-refractivity contribution in [2.45, 2.75) is 19.9 Å². The number of aromatic nitrogens is 2. The lowest BCUT2D eigenvalue weighted by Crippen LogP contribution is -2.29. The number of ketones is 1. The van der Waals surface area contributed by atoms with Gasteiger partial charge in [-0.25, -0.2) is 4.98 Å². The van der Waals surface area contributed by atoms with E-state index in [1.807, 2.05) is 32.0 Å². The Morgan fingerprint density at radius 3 is 2.47 bits per heavy atom. The average Bonchev–Trinajstić information content (AvgIpc) is 3.47. The maximum Gasteiger partial charge on any atom is 0.301 e. The van der Waals surface area contributed by atoms with Gasteiger partial charge in [0.05, 0.1) is 42.2 Å². The molecule has 1 N–H and O–H groups in total. The molecule has 2 aromatic carbocycles. The first kappa shape index (κ1) is 25.2. The predicted molar refractivity (Wildman–Crippen MR) is 144 cm³/mol. The van der Waals surface area contributed by atoms with Crippen LogP contribution in [0.25, 0.3) is 16.0 Å². The van der Waals surface area contributed by atoms with Crippen molar-refractivity contribution >= 4 is 44.1 Å². The number of benzene rings is 2. The average molecular weight is 532 g/mol. The molecule has 1 atom stereocenters. The molecular formula is C28H25N3O6S. The molecule has 38 heavy (non-hydrogen) atoms. The Morgan fingerprint density at radius 2 is 1.76 bits per heavy atom. The lowest BCUT2D eigenvalue weighted by Gasteiger charge is -2.23. The molecule has 0 radical (unpaired) electrons. The summed E-state index contributed by atoms with van der Waals surface area (Å²) in [6, 6.07) is 12.8. The van der Waals surface area contributed by atoms with Crippen molar-refractivity contribution < 1.29 is 28.9 Å². The summed E-state index contributed by atoms with van der Waals surface area (Å²) in [5, 5.41) is 11.6. The number of methoxy groups -OCH3 is 1. The van der Waals surface area contributed by atoms with Gasteiger partial charge in [-0.3, -0.25) is 19.5 Å². The maximum absolute atomic E-state index is 13.5. The highest BCUT2D eigenvalue weighted by molar-refractivity contribution is 7.22. The minimum Gasteiger partial charge on any atom is -0.507 e. The van der Waals surface area contributed by atoms with Gasteiger partial charge in [-0.05, 0) is 61.9 Å². The highest BCUT2D eigenvalue weighted by Gasteiger charge is 2.48. The van der Waals surface area contributed by atoms with Gasteiger partial charge in [0, 0.05) is 18.0 Å². The maximum atomic E-state index is 13.5. The van der Waals surface area contributed by atoms with E-state index in [-0.39, 0.29) is 11.3 Å². The lowest BCUT2D eigenvalue weighted by molar-refractivity contribution is -0.132. The van der Waals surface area contributed by atoms with Crippen molar-refractivity contribution in [3.63, 3.8) is 0 Å². The number of thiazole rings is 1. The largest absolute Gasteiger partial charge is 0.507 e. The van der Waals surface area contributed by atoms with E-state index in [4.69, 9.17) is 14.2 Å². The Hall–Kier alpha value is -4.44. The number of hydrogen-bond donors (Lipinski definition) is 1. The molecule has 10 heteroatoms. The van der Waals surface area contributed by atoms with Crippen molar-refractivity contribution in [2.75, 3.05) is 25.2 Å². The summed E-state index contributed by atoms with van der Waals surface area (Å²) in [6.45, 7) is 4.71. The third kappa shape index (κ3) is 4.43. The van der Waals surface area contributed by atoms with Gasteiger partial charge < -0.3 is 19.3 Å². The monoisotopic (exact) mass is 531 g/mol. The van der Waals surface area contributed by atoms with Crippen molar-refractivity contribution in [3.05, 3.63) is 77.6 Å². The predicted octanol–water partition coefficient (Wildman–Crippen LogP) is 5.12. The summed E-state index contributed by atoms with van der Waals surface area (Å²) in [6.07, 6.45) is 3.01. The molecule has 4 aromatic rings. The molecule has 0 spiro atoms. The third-order valence-corrected chi connectivity index (χ3v) is 7.08. The van der Waals surface area contributed by atoms with E-state index in [2.05, 4.69) is 9.97 Å². The number of Topliss-reactive ketones (excluding diaryl/α,β-unsaturated/α-hetero) is 1. The van der Waals surface area contributed by atoms with Gasteiger partial charge in [0.1, 0.15) is 11.5 Å². The molecule has 1 amide bonds. The summed E-state index contributed by atoms with van der Waals surface area (Å²) < 4.78 is 17.6. The zero-order valence-electron chi connectivity index (χ0n) is 21.0. The number of anilines is 1. The number of carbonyl (C=O) groups is 2. The number of carbonyl (C=O) groups excluding carboxylic acids is 2. The molecule has 3 heterocycles. The normalized spacial score (nSPS) is 16.7. The number of nitrogens with zero attached hydrogens (tertiary/aromatic N) is 3. The number of rotatable bonds is 8. The van der Waals surface area contributed by atoms with Gasteiger partial charge in [0.2, 0.25) is 0 Å². The van der Waals surface area contributed by atoms with Crippen LogP contribution >= 0.6 is 11.3 Å². The van der Waals surface area contributed by atoms with Crippen LogP contribution in [-0.4, -0.2) is 47.1 Å². The second-order valence-electron chi connectivity index (χ2n) is 8.31. The van der Waals surface area contributed by atoms with Gasteiger partial charge in [0.15, 0.2) is 16.6 Å². The van der Waals surface area contributed by atoms with Crippen LogP contribution in [0.15, 0.2) is 66.5 Å². The lowest BCUT2D eigenvalue weighted by atomic mass is 9.95. The zero-order valence-corrected chi connectivity index (χ0v) is 21.8. The smallest absolute Gasteiger partial charge is 0.301 e. The molecule has 0 saturated carbocycles. The summed E-state index contributed by atoms with van der Waals surface area (Å²) >= 11 is 1.26. The van der Waals surface area contributed by atoms with Gasteiger partial charge in [0.25, 0.3) is 5.78 Å². The topological polar surface area (TPSA) is 111 Å². The van der Waals surface area contributed by atoms with E-state index >= 15 is 0 Å². The van der Waals surface area contributed by atoms with E-state index < -0.39 is 17.7 Å². The summed E-state index contributed by atoms with van der Waals surface area (Å²) in [5.41, 5.74) is 1.52. The van der Waals surface area contributed by atoms with Gasteiger partial charge in [-0.15, -0.1) is 0 Å². The highest BCUT2D eigenvalue weighted by Crippen LogP contribution is 2.46. The molecule has 1 aliphatic rings. The van der Waals surface area contributed by atoms with Gasteiger partial charge in [-0.1, -0.05) is 17.4 Å². The molecule has 9 nitrogen and oxygen atoms in total. The van der Waals surface area contributed by atoms with Crippen molar-refractivity contribution in [1.29, 1.82) is 0 Å². The zero-order chi connectivity index (χ0) is 26.8. The van der Waals surface area contributed by atoms with Gasteiger partial charge >= 0.3 is 5.91 Å². The van der Waals surface area contributed by atoms with Gasteiger partial charge in [-0.2, -0.15) is 0 Å². The quantitative estimate of drug-likeness (QED) is 0.189. The first-order valence-corrected chi connectivity index (χ1v) is 12.8. The summed E-state index contributed by atoms with van der Waals surface area (Å²) in [4.78, 5) is 36.9. The van der Waals surface area contributed by atoms with Crippen LogP contribution in [0.1, 0.15) is 31.0 Å². The molecule has 1 saturated heterocycles. The second-order valence-corrected chi connectivity index (χ2v) is 9.32. The second kappa shape index (κ2) is 10.5. The van der Waals surface area contributed by atoms with Crippen LogP contribution in [0.5, 0.6) is 17.2 Å². The van der Waals surface area contributed by atoms with Crippen molar-refractivity contribution in [1.82, 2.24) is 9.97 Å². The molecule has 0 bridgehead atoms. The molecule has 0 aliphatic carbocycles.